The highest BCUT2D eigenvalue weighted by Gasteiger charge is 2.23. The van der Waals surface area contributed by atoms with E-state index in [2.05, 4.69) is 10.2 Å². The van der Waals surface area contributed by atoms with Gasteiger partial charge < -0.3 is 14.8 Å². The van der Waals surface area contributed by atoms with Gasteiger partial charge in [0.05, 0.1) is 20.4 Å². The van der Waals surface area contributed by atoms with Crippen LogP contribution >= 0.6 is 12.4 Å². The first-order valence-electron chi connectivity index (χ1n) is 7.61. The van der Waals surface area contributed by atoms with E-state index in [0.29, 0.717) is 13.0 Å². The molecule has 1 atom stereocenters. The Balaban J connectivity index is 0.00000242. The molecule has 0 aliphatic carbocycles. The Hall–Kier alpha value is -1.04. The molecular weight excluding hydrogens is 307 g/mol. The minimum atomic E-state index is -0.315. The second kappa shape index (κ2) is 9.87. The third-order valence-corrected chi connectivity index (χ3v) is 3.85. The molecule has 1 saturated heterocycles. The molecule has 0 bridgehead atoms. The molecule has 4 nitrogen and oxygen atoms in total. The molecule has 1 heterocycles. The lowest BCUT2D eigenvalue weighted by Crippen LogP contribution is -2.45. The van der Waals surface area contributed by atoms with Gasteiger partial charge in [0.1, 0.15) is 0 Å². The average Bonchev–Trinajstić information content (AvgIpc) is 2.54. The normalized spacial score (nSPS) is 16.7. The van der Waals surface area contributed by atoms with Gasteiger partial charge in [-0.2, -0.15) is 0 Å². The summed E-state index contributed by atoms with van der Waals surface area (Å²) in [5.41, 5.74) is 1.10. The number of methoxy groups -OCH3 is 1. The van der Waals surface area contributed by atoms with E-state index in [-0.39, 0.29) is 25.1 Å². The van der Waals surface area contributed by atoms with Crippen LogP contribution < -0.4 is 14.8 Å². The van der Waals surface area contributed by atoms with Crippen molar-refractivity contribution in [2.45, 2.75) is 19.4 Å². The standard InChI is InChI=1S/C16H25FN2O2.ClH/c1-3-21-16-12-13(4-5-15(16)20-2)14(6-7-17)19-10-8-18-9-11-19;/h4-5,12,14,18H,3,6-11H2,1-2H3;1H/t14-;/m0./s1. The zero-order chi connectivity index (χ0) is 15.1. The molecule has 126 valence electrons. The molecule has 1 fully saturated rings. The first-order valence-corrected chi connectivity index (χ1v) is 7.61. The number of hydrogen-bond acceptors (Lipinski definition) is 4. The van der Waals surface area contributed by atoms with Crippen LogP contribution in [0, 0.1) is 0 Å². The van der Waals surface area contributed by atoms with Crippen molar-refractivity contribution in [3.05, 3.63) is 23.8 Å². The Morgan fingerprint density at radius 2 is 2.00 bits per heavy atom. The predicted octanol–water partition coefficient (Wildman–Crippen LogP) is 2.82. The van der Waals surface area contributed by atoms with E-state index in [1.54, 1.807) is 7.11 Å². The van der Waals surface area contributed by atoms with Crippen LogP contribution in [0.3, 0.4) is 0 Å². The molecule has 0 amide bonds. The number of nitrogens with zero attached hydrogens (tertiary/aromatic N) is 1. The highest BCUT2D eigenvalue weighted by atomic mass is 35.5. The van der Waals surface area contributed by atoms with Gasteiger partial charge in [-0.3, -0.25) is 9.29 Å². The molecule has 0 saturated carbocycles. The van der Waals surface area contributed by atoms with Crippen molar-refractivity contribution in [2.24, 2.45) is 0 Å². The summed E-state index contributed by atoms with van der Waals surface area (Å²) in [6, 6.07) is 6.02. The van der Waals surface area contributed by atoms with Crippen LogP contribution in [-0.4, -0.2) is 51.5 Å². The fourth-order valence-corrected chi connectivity index (χ4v) is 2.83. The molecule has 1 aliphatic heterocycles. The summed E-state index contributed by atoms with van der Waals surface area (Å²) in [7, 11) is 1.63. The number of hydrogen-bond donors (Lipinski definition) is 1. The third-order valence-electron chi connectivity index (χ3n) is 3.85. The maximum absolute atomic E-state index is 13.0. The maximum Gasteiger partial charge on any atom is 0.161 e. The van der Waals surface area contributed by atoms with Crippen LogP contribution in [0.25, 0.3) is 0 Å². The van der Waals surface area contributed by atoms with Crippen molar-refractivity contribution >= 4 is 12.4 Å². The number of ether oxygens (including phenoxy) is 2. The van der Waals surface area contributed by atoms with Gasteiger partial charge in [-0.05, 0) is 31.0 Å². The largest absolute Gasteiger partial charge is 0.493 e. The van der Waals surface area contributed by atoms with Gasteiger partial charge in [0.15, 0.2) is 11.5 Å². The number of halogens is 2. The molecule has 0 unspecified atom stereocenters. The summed E-state index contributed by atoms with van der Waals surface area (Å²) < 4.78 is 23.9. The fraction of sp³-hybridized carbons (Fsp3) is 0.625. The van der Waals surface area contributed by atoms with Crippen LogP contribution in [0.1, 0.15) is 24.9 Å². The molecule has 0 aromatic heterocycles. The lowest BCUT2D eigenvalue weighted by molar-refractivity contribution is 0.157. The van der Waals surface area contributed by atoms with Crippen molar-refractivity contribution in [2.75, 3.05) is 46.6 Å². The zero-order valence-corrected chi connectivity index (χ0v) is 14.1. The van der Waals surface area contributed by atoms with Crippen molar-refractivity contribution < 1.29 is 13.9 Å². The first kappa shape index (κ1) is 19.0. The summed E-state index contributed by atoms with van der Waals surface area (Å²) in [5, 5.41) is 3.33. The minimum Gasteiger partial charge on any atom is -0.493 e. The van der Waals surface area contributed by atoms with Gasteiger partial charge in [0.25, 0.3) is 0 Å². The summed E-state index contributed by atoms with van der Waals surface area (Å²) in [6.45, 7) is 6.02. The zero-order valence-electron chi connectivity index (χ0n) is 13.3. The van der Waals surface area contributed by atoms with E-state index in [1.165, 1.54) is 0 Å². The topological polar surface area (TPSA) is 33.7 Å². The molecule has 2 rings (SSSR count). The van der Waals surface area contributed by atoms with Crippen molar-refractivity contribution in [1.29, 1.82) is 0 Å². The van der Waals surface area contributed by atoms with Crippen molar-refractivity contribution in [3.8, 4) is 11.5 Å². The SMILES string of the molecule is CCOc1cc([C@H](CCF)N2CCNCC2)ccc1OC.Cl. The van der Waals surface area contributed by atoms with E-state index in [9.17, 15) is 4.39 Å². The van der Waals surface area contributed by atoms with E-state index >= 15 is 0 Å². The van der Waals surface area contributed by atoms with Gasteiger partial charge >= 0.3 is 0 Å². The molecule has 1 aliphatic rings. The van der Waals surface area contributed by atoms with Gasteiger partial charge in [-0.15, -0.1) is 12.4 Å². The number of piperazine rings is 1. The van der Waals surface area contributed by atoms with Crippen LogP contribution in [-0.2, 0) is 0 Å². The summed E-state index contributed by atoms with van der Waals surface area (Å²) >= 11 is 0. The molecule has 6 heteroatoms. The molecule has 22 heavy (non-hydrogen) atoms. The Morgan fingerprint density at radius 1 is 1.27 bits per heavy atom. The summed E-state index contributed by atoms with van der Waals surface area (Å²) in [4.78, 5) is 2.34. The summed E-state index contributed by atoms with van der Waals surface area (Å²) in [5.74, 6) is 1.46. The van der Waals surface area contributed by atoms with Crippen LogP contribution in [0.5, 0.6) is 11.5 Å². The Labute approximate surface area is 138 Å². The number of nitrogens with one attached hydrogen (secondary N) is 1. The van der Waals surface area contributed by atoms with Crippen molar-refractivity contribution in [3.63, 3.8) is 0 Å². The van der Waals surface area contributed by atoms with Gasteiger partial charge in [0, 0.05) is 32.2 Å². The van der Waals surface area contributed by atoms with E-state index in [4.69, 9.17) is 9.47 Å². The van der Waals surface area contributed by atoms with Crippen LogP contribution in [0.15, 0.2) is 18.2 Å². The molecule has 0 spiro atoms. The Kier molecular flexibility index (Phi) is 8.53. The second-order valence-corrected chi connectivity index (χ2v) is 5.12. The average molecular weight is 333 g/mol. The fourth-order valence-electron chi connectivity index (χ4n) is 2.83. The minimum absolute atomic E-state index is 0. The number of rotatable bonds is 7. The third kappa shape index (κ3) is 4.73. The van der Waals surface area contributed by atoms with Crippen molar-refractivity contribution in [1.82, 2.24) is 10.2 Å². The highest BCUT2D eigenvalue weighted by Crippen LogP contribution is 2.33. The molecule has 1 aromatic carbocycles. The number of benzene rings is 1. The first-order chi connectivity index (χ1) is 10.3. The summed E-state index contributed by atoms with van der Waals surface area (Å²) in [6.07, 6.45) is 0.512. The molecule has 1 aromatic rings. The highest BCUT2D eigenvalue weighted by molar-refractivity contribution is 5.85. The molecule has 0 radical (unpaired) electrons. The predicted molar refractivity (Wildman–Crippen MR) is 89.2 cm³/mol. The monoisotopic (exact) mass is 332 g/mol. The van der Waals surface area contributed by atoms with E-state index < -0.39 is 0 Å². The van der Waals surface area contributed by atoms with Crippen LogP contribution in [0.4, 0.5) is 4.39 Å². The number of alkyl halides is 1. The smallest absolute Gasteiger partial charge is 0.161 e. The molecule has 1 N–H and O–H groups in total. The Bertz CT molecular complexity index is 442. The van der Waals surface area contributed by atoms with E-state index in [0.717, 1.165) is 43.2 Å². The molecular formula is C16H26ClFN2O2. The van der Waals surface area contributed by atoms with Gasteiger partial charge in [0.2, 0.25) is 0 Å². The Morgan fingerprint density at radius 3 is 2.59 bits per heavy atom. The van der Waals surface area contributed by atoms with E-state index in [1.807, 2.05) is 25.1 Å². The lowest BCUT2D eigenvalue weighted by atomic mass is 10.0. The quantitative estimate of drug-likeness (QED) is 0.832. The second-order valence-electron chi connectivity index (χ2n) is 5.12. The van der Waals surface area contributed by atoms with Crippen LogP contribution in [0.2, 0.25) is 0 Å². The maximum atomic E-state index is 13.0. The van der Waals surface area contributed by atoms with Gasteiger partial charge in [-0.25, -0.2) is 0 Å². The van der Waals surface area contributed by atoms with Gasteiger partial charge in [-0.1, -0.05) is 6.07 Å². The lowest BCUT2D eigenvalue weighted by Gasteiger charge is -2.35.